The molecule has 1 amide bonds. The lowest BCUT2D eigenvalue weighted by molar-refractivity contribution is -0.114. The summed E-state index contributed by atoms with van der Waals surface area (Å²) < 4.78 is 38.8. The average Bonchev–Trinajstić information content (AvgIpc) is 2.80. The molecule has 0 fully saturated rings. The molecule has 0 aromatic heterocycles. The molecule has 168 valence electrons. The SMILES string of the molecule is COc1ccc(N(CC(=O)Nc2c(C)cccc2C)S(=O)(=O)c2ccccc2)c(OC)c1. The van der Waals surface area contributed by atoms with E-state index in [1.807, 2.05) is 32.0 Å². The van der Waals surface area contributed by atoms with Gasteiger partial charge in [-0.1, -0.05) is 36.4 Å². The third-order valence-corrected chi connectivity index (χ3v) is 6.79. The highest BCUT2D eigenvalue weighted by atomic mass is 32.2. The number of ether oxygens (including phenoxy) is 2. The Hall–Kier alpha value is -3.52. The second-order valence-electron chi connectivity index (χ2n) is 7.18. The quantitative estimate of drug-likeness (QED) is 0.553. The molecule has 0 saturated carbocycles. The minimum atomic E-state index is -4.06. The van der Waals surface area contributed by atoms with E-state index in [-0.39, 0.29) is 16.3 Å². The summed E-state index contributed by atoms with van der Waals surface area (Å²) in [5.41, 5.74) is 2.67. The molecule has 7 nitrogen and oxygen atoms in total. The van der Waals surface area contributed by atoms with E-state index >= 15 is 0 Å². The Morgan fingerprint density at radius 2 is 1.56 bits per heavy atom. The fourth-order valence-corrected chi connectivity index (χ4v) is 4.78. The van der Waals surface area contributed by atoms with Gasteiger partial charge in [0, 0.05) is 11.8 Å². The van der Waals surface area contributed by atoms with Gasteiger partial charge < -0.3 is 14.8 Å². The van der Waals surface area contributed by atoms with Gasteiger partial charge in [-0.25, -0.2) is 8.42 Å². The molecular formula is C24H26N2O5S. The zero-order valence-corrected chi connectivity index (χ0v) is 19.3. The standard InChI is InChI=1S/C24H26N2O5S/c1-17-9-8-10-18(2)24(17)25-23(27)16-26(32(28,29)20-11-6-5-7-12-20)21-14-13-19(30-3)15-22(21)31-4/h5-15H,16H2,1-4H3,(H,25,27). The number of nitrogens with one attached hydrogen (secondary N) is 1. The van der Waals surface area contributed by atoms with Crippen molar-refractivity contribution in [1.29, 1.82) is 0 Å². The fraction of sp³-hybridized carbons (Fsp3) is 0.208. The second kappa shape index (κ2) is 9.74. The molecule has 8 heteroatoms. The smallest absolute Gasteiger partial charge is 0.264 e. The molecule has 0 atom stereocenters. The molecule has 3 aromatic rings. The first-order valence-corrected chi connectivity index (χ1v) is 11.4. The van der Waals surface area contributed by atoms with Crippen molar-refractivity contribution in [3.05, 3.63) is 77.9 Å². The molecule has 0 unspecified atom stereocenters. The number of hydrogen-bond acceptors (Lipinski definition) is 5. The zero-order chi connectivity index (χ0) is 23.3. The lowest BCUT2D eigenvalue weighted by atomic mass is 10.1. The first-order valence-electron chi connectivity index (χ1n) is 9.94. The summed E-state index contributed by atoms with van der Waals surface area (Å²) in [6.07, 6.45) is 0. The van der Waals surface area contributed by atoms with Gasteiger partial charge in [0.1, 0.15) is 18.0 Å². The molecule has 0 spiro atoms. The Balaban J connectivity index is 2.05. The fourth-order valence-electron chi connectivity index (χ4n) is 3.33. The average molecular weight is 455 g/mol. The van der Waals surface area contributed by atoms with Crippen LogP contribution in [-0.4, -0.2) is 35.1 Å². The normalized spacial score (nSPS) is 11.0. The minimum Gasteiger partial charge on any atom is -0.497 e. The van der Waals surface area contributed by atoms with Gasteiger partial charge in [-0.2, -0.15) is 0 Å². The van der Waals surface area contributed by atoms with Crippen molar-refractivity contribution in [3.8, 4) is 11.5 Å². The summed E-state index contributed by atoms with van der Waals surface area (Å²) in [5.74, 6) is 0.297. The molecule has 3 rings (SSSR count). The number of nitrogens with zero attached hydrogens (tertiary/aromatic N) is 1. The molecule has 0 bridgehead atoms. The van der Waals surface area contributed by atoms with Crippen LogP contribution >= 0.6 is 0 Å². The monoisotopic (exact) mass is 454 g/mol. The van der Waals surface area contributed by atoms with Crippen molar-refractivity contribution in [1.82, 2.24) is 0 Å². The first-order chi connectivity index (χ1) is 15.3. The van der Waals surface area contributed by atoms with Crippen LogP contribution in [-0.2, 0) is 14.8 Å². The van der Waals surface area contributed by atoms with Crippen LogP contribution in [0.15, 0.2) is 71.6 Å². The van der Waals surface area contributed by atoms with E-state index in [0.717, 1.165) is 15.4 Å². The lowest BCUT2D eigenvalue weighted by Crippen LogP contribution is -2.38. The number of sulfonamides is 1. The van der Waals surface area contributed by atoms with E-state index in [9.17, 15) is 13.2 Å². The number of anilines is 2. The van der Waals surface area contributed by atoms with E-state index in [2.05, 4.69) is 5.32 Å². The van der Waals surface area contributed by atoms with Crippen molar-refractivity contribution >= 4 is 27.3 Å². The van der Waals surface area contributed by atoms with E-state index in [4.69, 9.17) is 9.47 Å². The van der Waals surface area contributed by atoms with Crippen LogP contribution in [0, 0.1) is 13.8 Å². The molecule has 3 aromatic carbocycles. The summed E-state index contributed by atoms with van der Waals surface area (Å²) in [6.45, 7) is 3.33. The Kier molecular flexibility index (Phi) is 7.05. The van der Waals surface area contributed by atoms with Gasteiger partial charge in [-0.15, -0.1) is 0 Å². The summed E-state index contributed by atoms with van der Waals surface area (Å²) in [5, 5.41) is 2.85. The van der Waals surface area contributed by atoms with E-state index in [0.29, 0.717) is 11.4 Å². The van der Waals surface area contributed by atoms with E-state index in [1.54, 1.807) is 36.4 Å². The molecule has 0 aliphatic rings. The zero-order valence-electron chi connectivity index (χ0n) is 18.5. The Labute approximate surface area is 188 Å². The molecule has 0 heterocycles. The summed E-state index contributed by atoms with van der Waals surface area (Å²) in [6, 6.07) is 18.4. The maximum absolute atomic E-state index is 13.5. The number of rotatable bonds is 8. The molecule has 0 aliphatic heterocycles. The van der Waals surface area contributed by atoms with Gasteiger partial charge in [-0.05, 0) is 49.2 Å². The summed E-state index contributed by atoms with van der Waals surface area (Å²) in [4.78, 5) is 13.1. The van der Waals surface area contributed by atoms with Gasteiger partial charge in [-0.3, -0.25) is 9.10 Å². The highest BCUT2D eigenvalue weighted by Gasteiger charge is 2.30. The first kappa shape index (κ1) is 23.1. The highest BCUT2D eigenvalue weighted by Crippen LogP contribution is 2.35. The summed E-state index contributed by atoms with van der Waals surface area (Å²) >= 11 is 0. The topological polar surface area (TPSA) is 84.9 Å². The predicted octanol–water partition coefficient (Wildman–Crippen LogP) is 4.15. The number of benzene rings is 3. The Bertz CT molecular complexity index is 1190. The number of amides is 1. The van der Waals surface area contributed by atoms with Gasteiger partial charge >= 0.3 is 0 Å². The Morgan fingerprint density at radius 3 is 2.16 bits per heavy atom. The third-order valence-electron chi connectivity index (χ3n) is 5.02. The van der Waals surface area contributed by atoms with Crippen LogP contribution in [0.3, 0.4) is 0 Å². The second-order valence-corrected chi connectivity index (χ2v) is 9.04. The van der Waals surface area contributed by atoms with Crippen LogP contribution in [0.2, 0.25) is 0 Å². The van der Waals surface area contributed by atoms with Gasteiger partial charge in [0.15, 0.2) is 0 Å². The van der Waals surface area contributed by atoms with Gasteiger partial charge in [0.2, 0.25) is 5.91 Å². The predicted molar refractivity (Wildman–Crippen MR) is 125 cm³/mol. The van der Waals surface area contributed by atoms with Gasteiger partial charge in [0.25, 0.3) is 10.0 Å². The van der Waals surface area contributed by atoms with Crippen molar-refractivity contribution < 1.29 is 22.7 Å². The van der Waals surface area contributed by atoms with Crippen molar-refractivity contribution in [2.45, 2.75) is 18.7 Å². The highest BCUT2D eigenvalue weighted by molar-refractivity contribution is 7.92. The number of carbonyl (C=O) groups is 1. The van der Waals surface area contributed by atoms with E-state index < -0.39 is 22.5 Å². The lowest BCUT2D eigenvalue weighted by Gasteiger charge is -2.26. The molecular weight excluding hydrogens is 428 g/mol. The van der Waals surface area contributed by atoms with Crippen molar-refractivity contribution in [3.63, 3.8) is 0 Å². The Morgan fingerprint density at radius 1 is 0.906 bits per heavy atom. The maximum Gasteiger partial charge on any atom is 0.264 e. The molecule has 0 radical (unpaired) electrons. The van der Waals surface area contributed by atoms with Gasteiger partial charge in [0.05, 0.1) is 24.8 Å². The molecule has 0 saturated heterocycles. The number of methoxy groups -OCH3 is 2. The molecule has 0 aliphatic carbocycles. The van der Waals surface area contributed by atoms with E-state index in [1.165, 1.54) is 26.4 Å². The number of para-hydroxylation sites is 1. The molecule has 1 N–H and O–H groups in total. The number of aryl methyl sites for hydroxylation is 2. The van der Waals surface area contributed by atoms with Crippen LogP contribution in [0.25, 0.3) is 0 Å². The third kappa shape index (κ3) is 4.86. The number of carbonyl (C=O) groups excluding carboxylic acids is 1. The van der Waals surface area contributed by atoms with Crippen molar-refractivity contribution in [2.75, 3.05) is 30.4 Å². The van der Waals surface area contributed by atoms with Crippen LogP contribution in [0.1, 0.15) is 11.1 Å². The maximum atomic E-state index is 13.5. The molecule has 32 heavy (non-hydrogen) atoms. The van der Waals surface area contributed by atoms with Crippen molar-refractivity contribution in [2.24, 2.45) is 0 Å². The van der Waals surface area contributed by atoms with Crippen LogP contribution < -0.4 is 19.1 Å². The number of hydrogen-bond donors (Lipinski definition) is 1. The minimum absolute atomic E-state index is 0.0674. The van der Waals surface area contributed by atoms with Crippen LogP contribution in [0.5, 0.6) is 11.5 Å². The summed E-state index contributed by atoms with van der Waals surface area (Å²) in [7, 11) is -1.12. The largest absolute Gasteiger partial charge is 0.497 e. The van der Waals surface area contributed by atoms with Crippen LogP contribution in [0.4, 0.5) is 11.4 Å².